The number of halogens is 1. The fourth-order valence-corrected chi connectivity index (χ4v) is 2.66. The van der Waals surface area contributed by atoms with Gasteiger partial charge in [-0.05, 0) is 45.5 Å². The lowest BCUT2D eigenvalue weighted by atomic mass is 9.97. The molecule has 0 aromatic heterocycles. The molecule has 0 atom stereocenters. The van der Waals surface area contributed by atoms with Crippen molar-refractivity contribution in [3.05, 3.63) is 21.7 Å². The van der Waals surface area contributed by atoms with Gasteiger partial charge in [0.15, 0.2) is 0 Å². The number of rotatable bonds is 5. The highest BCUT2D eigenvalue weighted by atomic mass is 79.9. The molecule has 1 N–H and O–H groups in total. The summed E-state index contributed by atoms with van der Waals surface area (Å²) in [7, 11) is 3.27. The standard InChI is InChI=1S/C13H19BrO3/c1-8(2)10-7-9(5-6-15)12(16-3)11(14)13(10)17-4/h7-8,15H,5-6H2,1-4H3. The van der Waals surface area contributed by atoms with E-state index in [1.165, 1.54) is 0 Å². The third-order valence-corrected chi connectivity index (χ3v) is 3.41. The van der Waals surface area contributed by atoms with Gasteiger partial charge in [-0.15, -0.1) is 0 Å². The number of ether oxygens (including phenoxy) is 2. The molecule has 0 aliphatic heterocycles. The van der Waals surface area contributed by atoms with E-state index in [0.29, 0.717) is 12.3 Å². The third-order valence-electron chi connectivity index (χ3n) is 2.69. The number of methoxy groups -OCH3 is 2. The second kappa shape index (κ2) is 6.26. The summed E-state index contributed by atoms with van der Waals surface area (Å²) in [6.07, 6.45) is 0.575. The minimum Gasteiger partial charge on any atom is -0.495 e. The van der Waals surface area contributed by atoms with Gasteiger partial charge in [-0.2, -0.15) is 0 Å². The summed E-state index contributed by atoms with van der Waals surface area (Å²) >= 11 is 3.51. The molecule has 1 rings (SSSR count). The molecule has 4 heteroatoms. The van der Waals surface area contributed by atoms with Crippen molar-refractivity contribution in [3.8, 4) is 11.5 Å². The first-order valence-corrected chi connectivity index (χ1v) is 6.40. The van der Waals surface area contributed by atoms with Crippen LogP contribution in [0.5, 0.6) is 11.5 Å². The lowest BCUT2D eigenvalue weighted by Gasteiger charge is -2.19. The fraction of sp³-hybridized carbons (Fsp3) is 0.538. The predicted molar refractivity (Wildman–Crippen MR) is 72.1 cm³/mol. The number of hydrogen-bond donors (Lipinski definition) is 1. The summed E-state index contributed by atoms with van der Waals surface area (Å²) in [6.45, 7) is 4.33. The molecule has 0 aliphatic rings. The average molecular weight is 303 g/mol. The van der Waals surface area contributed by atoms with Crippen LogP contribution < -0.4 is 9.47 Å². The number of aliphatic hydroxyl groups is 1. The highest BCUT2D eigenvalue weighted by Crippen LogP contribution is 2.42. The summed E-state index contributed by atoms with van der Waals surface area (Å²) in [6, 6.07) is 2.04. The Hall–Kier alpha value is -0.740. The smallest absolute Gasteiger partial charge is 0.140 e. The maximum Gasteiger partial charge on any atom is 0.140 e. The molecule has 96 valence electrons. The van der Waals surface area contributed by atoms with E-state index < -0.39 is 0 Å². The predicted octanol–water partition coefficient (Wildman–Crippen LogP) is 3.12. The summed E-state index contributed by atoms with van der Waals surface area (Å²) in [5.74, 6) is 1.89. The Balaban J connectivity index is 3.42. The first-order chi connectivity index (χ1) is 8.06. The van der Waals surface area contributed by atoms with Crippen LogP contribution in [-0.2, 0) is 6.42 Å². The van der Waals surface area contributed by atoms with Crippen LogP contribution in [0, 0.1) is 0 Å². The van der Waals surface area contributed by atoms with Gasteiger partial charge in [0.1, 0.15) is 16.0 Å². The van der Waals surface area contributed by atoms with E-state index in [9.17, 15) is 0 Å². The molecule has 1 aromatic carbocycles. The molecule has 0 unspecified atom stereocenters. The lowest BCUT2D eigenvalue weighted by Crippen LogP contribution is -2.03. The minimum absolute atomic E-state index is 0.104. The van der Waals surface area contributed by atoms with Gasteiger partial charge in [0.25, 0.3) is 0 Å². The van der Waals surface area contributed by atoms with Crippen LogP contribution in [0.2, 0.25) is 0 Å². The van der Waals surface area contributed by atoms with Gasteiger partial charge in [0, 0.05) is 6.61 Å². The first kappa shape index (κ1) is 14.3. The highest BCUT2D eigenvalue weighted by molar-refractivity contribution is 9.10. The SMILES string of the molecule is COc1c(CCO)cc(C(C)C)c(OC)c1Br. The van der Waals surface area contributed by atoms with Crippen LogP contribution >= 0.6 is 15.9 Å². The van der Waals surface area contributed by atoms with Crippen molar-refractivity contribution in [2.45, 2.75) is 26.2 Å². The molecule has 0 fully saturated rings. The average Bonchev–Trinajstić information content (AvgIpc) is 2.29. The number of aliphatic hydroxyl groups excluding tert-OH is 1. The second-order valence-corrected chi connectivity index (χ2v) is 4.93. The van der Waals surface area contributed by atoms with E-state index in [1.54, 1.807) is 14.2 Å². The van der Waals surface area contributed by atoms with Gasteiger partial charge >= 0.3 is 0 Å². The zero-order valence-corrected chi connectivity index (χ0v) is 12.3. The van der Waals surface area contributed by atoms with Crippen LogP contribution in [0.15, 0.2) is 10.5 Å². The van der Waals surface area contributed by atoms with Gasteiger partial charge in [0.05, 0.1) is 14.2 Å². The molecule has 17 heavy (non-hydrogen) atoms. The Labute approximate surface area is 111 Å². The molecule has 0 heterocycles. The van der Waals surface area contributed by atoms with Crippen LogP contribution in [0.3, 0.4) is 0 Å². The van der Waals surface area contributed by atoms with E-state index in [1.807, 2.05) is 6.07 Å². The van der Waals surface area contributed by atoms with Crippen molar-refractivity contribution in [1.29, 1.82) is 0 Å². The van der Waals surface area contributed by atoms with E-state index >= 15 is 0 Å². The summed E-state index contributed by atoms with van der Waals surface area (Å²) in [5, 5.41) is 9.08. The molecule has 0 radical (unpaired) electrons. The second-order valence-electron chi connectivity index (χ2n) is 4.13. The molecule has 0 saturated heterocycles. The van der Waals surface area contributed by atoms with Crippen molar-refractivity contribution >= 4 is 15.9 Å². The molecule has 0 bridgehead atoms. The van der Waals surface area contributed by atoms with E-state index in [0.717, 1.165) is 27.1 Å². The molecule has 0 saturated carbocycles. The Morgan fingerprint density at radius 3 is 2.24 bits per heavy atom. The number of hydrogen-bond acceptors (Lipinski definition) is 3. The molecule has 0 aliphatic carbocycles. The Kier molecular flexibility index (Phi) is 5.28. The highest BCUT2D eigenvalue weighted by Gasteiger charge is 2.19. The van der Waals surface area contributed by atoms with Crippen LogP contribution in [0.4, 0.5) is 0 Å². The normalized spacial score (nSPS) is 10.8. The zero-order valence-electron chi connectivity index (χ0n) is 10.7. The Bertz CT molecular complexity index is 389. The molecule has 0 spiro atoms. The molecule has 1 aromatic rings. The molecular weight excluding hydrogens is 284 g/mol. The maximum absolute atomic E-state index is 9.08. The van der Waals surface area contributed by atoms with E-state index in [2.05, 4.69) is 29.8 Å². The van der Waals surface area contributed by atoms with Crippen LogP contribution in [0.1, 0.15) is 30.9 Å². The van der Waals surface area contributed by atoms with E-state index in [-0.39, 0.29) is 6.61 Å². The van der Waals surface area contributed by atoms with Crippen molar-refractivity contribution < 1.29 is 14.6 Å². The summed E-state index contributed by atoms with van der Waals surface area (Å²) in [4.78, 5) is 0. The topological polar surface area (TPSA) is 38.7 Å². The van der Waals surface area contributed by atoms with Crippen molar-refractivity contribution in [3.63, 3.8) is 0 Å². The van der Waals surface area contributed by atoms with Gasteiger partial charge < -0.3 is 14.6 Å². The zero-order chi connectivity index (χ0) is 13.0. The monoisotopic (exact) mass is 302 g/mol. The quantitative estimate of drug-likeness (QED) is 0.908. The van der Waals surface area contributed by atoms with Crippen LogP contribution in [0.25, 0.3) is 0 Å². The Morgan fingerprint density at radius 2 is 1.82 bits per heavy atom. The summed E-state index contributed by atoms with van der Waals surface area (Å²) in [5.41, 5.74) is 2.11. The first-order valence-electron chi connectivity index (χ1n) is 5.60. The van der Waals surface area contributed by atoms with Gasteiger partial charge in [-0.1, -0.05) is 13.8 Å². The molecule has 3 nitrogen and oxygen atoms in total. The molecular formula is C13H19BrO3. The molecule has 0 amide bonds. The van der Waals surface area contributed by atoms with E-state index in [4.69, 9.17) is 14.6 Å². The van der Waals surface area contributed by atoms with Crippen LogP contribution in [-0.4, -0.2) is 25.9 Å². The third kappa shape index (κ3) is 2.93. The van der Waals surface area contributed by atoms with Crippen molar-refractivity contribution in [1.82, 2.24) is 0 Å². The minimum atomic E-state index is 0.104. The van der Waals surface area contributed by atoms with Gasteiger partial charge in [-0.25, -0.2) is 0 Å². The lowest BCUT2D eigenvalue weighted by molar-refractivity contribution is 0.296. The Morgan fingerprint density at radius 1 is 1.24 bits per heavy atom. The van der Waals surface area contributed by atoms with Gasteiger partial charge in [-0.3, -0.25) is 0 Å². The largest absolute Gasteiger partial charge is 0.495 e. The number of benzene rings is 1. The van der Waals surface area contributed by atoms with Gasteiger partial charge in [0.2, 0.25) is 0 Å². The maximum atomic E-state index is 9.08. The fourth-order valence-electron chi connectivity index (χ4n) is 1.85. The van der Waals surface area contributed by atoms with Crippen molar-refractivity contribution in [2.24, 2.45) is 0 Å². The summed E-state index contributed by atoms with van der Waals surface area (Å²) < 4.78 is 11.6. The van der Waals surface area contributed by atoms with Crippen molar-refractivity contribution in [2.75, 3.05) is 20.8 Å².